The molecule has 2 nitrogen and oxygen atoms in total. The third-order valence-corrected chi connectivity index (χ3v) is 4.18. The molecule has 0 radical (unpaired) electrons. The second-order valence-corrected chi connectivity index (χ2v) is 6.30. The summed E-state index contributed by atoms with van der Waals surface area (Å²) >= 11 is 0. The highest BCUT2D eigenvalue weighted by Crippen LogP contribution is 2.34. The number of hydrogen-bond donors (Lipinski definition) is 1. The van der Waals surface area contributed by atoms with E-state index >= 15 is 0 Å². The van der Waals surface area contributed by atoms with Gasteiger partial charge in [0.25, 0.3) is 0 Å². The molecule has 1 aliphatic heterocycles. The van der Waals surface area contributed by atoms with E-state index < -0.39 is 0 Å². The van der Waals surface area contributed by atoms with Gasteiger partial charge in [0, 0.05) is 12.6 Å². The molecule has 1 fully saturated rings. The average molecular weight is 226 g/mol. The standard InChI is InChI=1S/C14H30N2/c1-6-13(11-15-5)16-9-7-12(8-10-16)14(2,3)4/h12-13,15H,6-11H2,1-5H3. The van der Waals surface area contributed by atoms with Gasteiger partial charge in [-0.05, 0) is 50.7 Å². The first kappa shape index (κ1) is 14.0. The fraction of sp³-hybridized carbons (Fsp3) is 1.00. The molecule has 1 atom stereocenters. The normalized spacial score (nSPS) is 22.3. The van der Waals surface area contributed by atoms with Gasteiger partial charge in [0.1, 0.15) is 0 Å². The van der Waals surface area contributed by atoms with E-state index in [9.17, 15) is 0 Å². The number of rotatable bonds is 4. The van der Waals surface area contributed by atoms with Crippen LogP contribution in [0.3, 0.4) is 0 Å². The Balaban J connectivity index is 2.41. The molecule has 1 saturated heterocycles. The smallest absolute Gasteiger partial charge is 0.0217 e. The predicted octanol–water partition coefficient (Wildman–Crippen LogP) is 2.74. The lowest BCUT2D eigenvalue weighted by Gasteiger charge is -2.41. The minimum atomic E-state index is 0.497. The van der Waals surface area contributed by atoms with Gasteiger partial charge in [0.05, 0.1) is 0 Å². The highest BCUT2D eigenvalue weighted by atomic mass is 15.2. The first-order valence-electron chi connectivity index (χ1n) is 6.87. The van der Waals surface area contributed by atoms with E-state index in [0.29, 0.717) is 5.41 Å². The summed E-state index contributed by atoms with van der Waals surface area (Å²) in [5, 5.41) is 3.32. The monoisotopic (exact) mass is 226 g/mol. The van der Waals surface area contributed by atoms with Crippen molar-refractivity contribution in [2.75, 3.05) is 26.7 Å². The first-order valence-corrected chi connectivity index (χ1v) is 6.87. The van der Waals surface area contributed by atoms with Crippen LogP contribution >= 0.6 is 0 Å². The van der Waals surface area contributed by atoms with Crippen molar-refractivity contribution in [1.29, 1.82) is 0 Å². The van der Waals surface area contributed by atoms with E-state index in [0.717, 1.165) is 18.5 Å². The molecule has 0 aromatic rings. The number of nitrogens with one attached hydrogen (secondary N) is 1. The van der Waals surface area contributed by atoms with Crippen LogP contribution in [0.1, 0.15) is 47.0 Å². The van der Waals surface area contributed by atoms with Crippen molar-refractivity contribution >= 4 is 0 Å². The van der Waals surface area contributed by atoms with Crippen LogP contribution in [0.25, 0.3) is 0 Å². The van der Waals surface area contributed by atoms with Crippen LogP contribution in [0.5, 0.6) is 0 Å². The van der Waals surface area contributed by atoms with Gasteiger partial charge in [-0.1, -0.05) is 27.7 Å². The molecule has 0 aromatic heterocycles. The third-order valence-electron chi connectivity index (χ3n) is 4.18. The number of likely N-dealkylation sites (tertiary alicyclic amines) is 1. The lowest BCUT2D eigenvalue weighted by atomic mass is 9.75. The van der Waals surface area contributed by atoms with Crippen molar-refractivity contribution in [1.82, 2.24) is 10.2 Å². The Bertz CT molecular complexity index is 187. The first-order chi connectivity index (χ1) is 7.49. The molecule has 0 aromatic carbocycles. The van der Waals surface area contributed by atoms with Crippen LogP contribution in [0.4, 0.5) is 0 Å². The van der Waals surface area contributed by atoms with Gasteiger partial charge < -0.3 is 5.32 Å². The van der Waals surface area contributed by atoms with Crippen molar-refractivity contribution in [3.63, 3.8) is 0 Å². The Morgan fingerprint density at radius 2 is 1.81 bits per heavy atom. The molecule has 16 heavy (non-hydrogen) atoms. The molecule has 0 saturated carbocycles. The summed E-state index contributed by atoms with van der Waals surface area (Å²) in [6.07, 6.45) is 4.02. The van der Waals surface area contributed by atoms with Gasteiger partial charge in [-0.2, -0.15) is 0 Å². The Kier molecular flexibility index (Phi) is 5.26. The van der Waals surface area contributed by atoms with Crippen molar-refractivity contribution in [3.8, 4) is 0 Å². The predicted molar refractivity (Wildman–Crippen MR) is 71.8 cm³/mol. The molecule has 0 aliphatic carbocycles. The molecule has 0 bridgehead atoms. The molecule has 1 unspecified atom stereocenters. The maximum atomic E-state index is 3.32. The van der Waals surface area contributed by atoms with Crippen molar-refractivity contribution in [3.05, 3.63) is 0 Å². The summed E-state index contributed by atoms with van der Waals surface area (Å²) in [7, 11) is 2.06. The van der Waals surface area contributed by atoms with E-state index in [1.54, 1.807) is 0 Å². The van der Waals surface area contributed by atoms with Crippen LogP contribution in [-0.2, 0) is 0 Å². The number of piperidine rings is 1. The quantitative estimate of drug-likeness (QED) is 0.793. The molecule has 0 spiro atoms. The Labute approximate surface area is 102 Å². The highest BCUT2D eigenvalue weighted by Gasteiger charge is 2.30. The van der Waals surface area contributed by atoms with Crippen molar-refractivity contribution in [2.24, 2.45) is 11.3 Å². The number of nitrogens with zero attached hydrogens (tertiary/aromatic N) is 1. The largest absolute Gasteiger partial charge is 0.318 e. The van der Waals surface area contributed by atoms with Crippen LogP contribution in [0.15, 0.2) is 0 Å². The SMILES string of the molecule is CCC(CNC)N1CCC(C(C)(C)C)CC1. The Hall–Kier alpha value is -0.0800. The molecular formula is C14H30N2. The molecule has 1 N–H and O–H groups in total. The topological polar surface area (TPSA) is 15.3 Å². The summed E-state index contributed by atoms with van der Waals surface area (Å²) in [5.41, 5.74) is 0.497. The van der Waals surface area contributed by atoms with Gasteiger partial charge in [-0.3, -0.25) is 4.90 Å². The van der Waals surface area contributed by atoms with Crippen molar-refractivity contribution < 1.29 is 0 Å². The zero-order valence-electron chi connectivity index (χ0n) is 11.8. The summed E-state index contributed by atoms with van der Waals surface area (Å²) in [5.74, 6) is 0.913. The molecule has 0 amide bonds. The minimum absolute atomic E-state index is 0.497. The van der Waals surface area contributed by atoms with E-state index in [2.05, 4.69) is 45.0 Å². The van der Waals surface area contributed by atoms with Crippen LogP contribution < -0.4 is 5.32 Å². The van der Waals surface area contributed by atoms with Crippen LogP contribution in [-0.4, -0.2) is 37.6 Å². The van der Waals surface area contributed by atoms with Crippen LogP contribution in [0.2, 0.25) is 0 Å². The molecule has 96 valence electrons. The maximum Gasteiger partial charge on any atom is 0.0217 e. The number of likely N-dealkylation sites (N-methyl/N-ethyl adjacent to an activating group) is 1. The summed E-state index contributed by atoms with van der Waals surface area (Å²) < 4.78 is 0. The second-order valence-electron chi connectivity index (χ2n) is 6.30. The molecule has 2 heteroatoms. The maximum absolute atomic E-state index is 3.32. The third kappa shape index (κ3) is 3.74. The van der Waals surface area contributed by atoms with Crippen molar-refractivity contribution in [2.45, 2.75) is 53.0 Å². The van der Waals surface area contributed by atoms with E-state index in [1.165, 1.54) is 32.4 Å². The molecule has 1 heterocycles. The van der Waals surface area contributed by atoms with Gasteiger partial charge in [-0.25, -0.2) is 0 Å². The summed E-state index contributed by atoms with van der Waals surface area (Å²) in [6, 6.07) is 0.742. The molecule has 1 rings (SSSR count). The highest BCUT2D eigenvalue weighted by molar-refractivity contribution is 4.83. The zero-order chi connectivity index (χ0) is 12.2. The average Bonchev–Trinajstić information content (AvgIpc) is 2.25. The van der Waals surface area contributed by atoms with Gasteiger partial charge in [0.15, 0.2) is 0 Å². The van der Waals surface area contributed by atoms with Gasteiger partial charge in [-0.15, -0.1) is 0 Å². The fourth-order valence-corrected chi connectivity index (χ4v) is 2.90. The van der Waals surface area contributed by atoms with E-state index in [-0.39, 0.29) is 0 Å². The fourth-order valence-electron chi connectivity index (χ4n) is 2.90. The second kappa shape index (κ2) is 6.02. The van der Waals surface area contributed by atoms with E-state index in [4.69, 9.17) is 0 Å². The molecule has 1 aliphatic rings. The van der Waals surface area contributed by atoms with Crippen LogP contribution in [0, 0.1) is 11.3 Å². The Morgan fingerprint density at radius 1 is 1.25 bits per heavy atom. The lowest BCUT2D eigenvalue weighted by molar-refractivity contribution is 0.0812. The summed E-state index contributed by atoms with van der Waals surface area (Å²) in [4.78, 5) is 2.68. The zero-order valence-corrected chi connectivity index (χ0v) is 11.8. The van der Waals surface area contributed by atoms with E-state index in [1.807, 2.05) is 0 Å². The minimum Gasteiger partial charge on any atom is -0.318 e. The lowest BCUT2D eigenvalue weighted by Crippen LogP contribution is -2.47. The number of hydrogen-bond acceptors (Lipinski definition) is 2. The van der Waals surface area contributed by atoms with Gasteiger partial charge in [0.2, 0.25) is 0 Å². The Morgan fingerprint density at radius 3 is 2.19 bits per heavy atom. The van der Waals surface area contributed by atoms with Gasteiger partial charge >= 0.3 is 0 Å². The summed E-state index contributed by atoms with van der Waals surface area (Å²) in [6.45, 7) is 13.2. The molecular weight excluding hydrogens is 196 g/mol.